The smallest absolute Gasteiger partial charge is 0.347 e. The molecule has 0 atom stereocenters. The molecular formula is C16H26N2O2S. The molecule has 0 amide bonds. The number of carboxylic acids is 1. The lowest BCUT2D eigenvalue weighted by Gasteiger charge is -2.30. The second-order valence-electron chi connectivity index (χ2n) is 6.49. The molecular weight excluding hydrogens is 284 g/mol. The van der Waals surface area contributed by atoms with Crippen molar-refractivity contribution in [3.63, 3.8) is 0 Å². The highest BCUT2D eigenvalue weighted by atomic mass is 32.1. The molecule has 1 aromatic heterocycles. The molecule has 0 spiro atoms. The molecule has 0 aromatic carbocycles. The third kappa shape index (κ3) is 4.51. The van der Waals surface area contributed by atoms with E-state index in [1.807, 2.05) is 0 Å². The molecule has 0 aliphatic heterocycles. The van der Waals surface area contributed by atoms with Gasteiger partial charge in [0.2, 0.25) is 0 Å². The predicted octanol–water partition coefficient (Wildman–Crippen LogP) is 3.80. The van der Waals surface area contributed by atoms with Crippen molar-refractivity contribution in [1.29, 1.82) is 0 Å². The molecule has 0 radical (unpaired) electrons. The lowest BCUT2D eigenvalue weighted by molar-refractivity contribution is 0.0700. The van der Waals surface area contributed by atoms with Gasteiger partial charge in [0, 0.05) is 6.04 Å². The standard InChI is InChI=1S/C16H26N2O2S/c1-11(2)9-13-15(16(19)20)21-14(17-13)10-18(3)12-7-5-4-6-8-12/h11-12H,4-10H2,1-3H3,(H,19,20). The highest BCUT2D eigenvalue weighted by Crippen LogP contribution is 2.26. The van der Waals surface area contributed by atoms with Gasteiger partial charge in [0.25, 0.3) is 0 Å². The molecule has 1 aliphatic rings. The summed E-state index contributed by atoms with van der Waals surface area (Å²) in [5.41, 5.74) is 0.759. The Hall–Kier alpha value is -0.940. The topological polar surface area (TPSA) is 53.4 Å². The number of aromatic carboxylic acids is 1. The second-order valence-corrected chi connectivity index (χ2v) is 7.58. The molecule has 4 nitrogen and oxygen atoms in total. The first kappa shape index (κ1) is 16.4. The van der Waals surface area contributed by atoms with Gasteiger partial charge in [-0.15, -0.1) is 11.3 Å². The summed E-state index contributed by atoms with van der Waals surface area (Å²) in [5.74, 6) is -0.413. The average molecular weight is 310 g/mol. The number of rotatable bonds is 6. The number of hydrogen-bond acceptors (Lipinski definition) is 4. The molecule has 1 aliphatic carbocycles. The third-order valence-corrected chi connectivity index (χ3v) is 5.19. The molecule has 118 valence electrons. The molecule has 1 saturated carbocycles. The zero-order chi connectivity index (χ0) is 15.4. The Morgan fingerprint density at radius 2 is 2.05 bits per heavy atom. The maximum Gasteiger partial charge on any atom is 0.347 e. The van der Waals surface area contributed by atoms with Gasteiger partial charge in [-0.3, -0.25) is 4.90 Å². The highest BCUT2D eigenvalue weighted by molar-refractivity contribution is 7.13. The van der Waals surface area contributed by atoms with E-state index >= 15 is 0 Å². The van der Waals surface area contributed by atoms with Crippen LogP contribution in [0.5, 0.6) is 0 Å². The van der Waals surface area contributed by atoms with Crippen LogP contribution in [0.15, 0.2) is 0 Å². The normalized spacial score (nSPS) is 16.8. The summed E-state index contributed by atoms with van der Waals surface area (Å²) in [5, 5.41) is 10.3. The third-order valence-electron chi connectivity index (χ3n) is 4.12. The summed E-state index contributed by atoms with van der Waals surface area (Å²) in [7, 11) is 2.14. The molecule has 0 saturated heterocycles. The van der Waals surface area contributed by atoms with Crippen molar-refractivity contribution in [2.45, 2.75) is 65.0 Å². The minimum atomic E-state index is -0.838. The van der Waals surface area contributed by atoms with Crippen molar-refractivity contribution < 1.29 is 9.90 Å². The monoisotopic (exact) mass is 310 g/mol. The van der Waals surface area contributed by atoms with Gasteiger partial charge in [-0.25, -0.2) is 9.78 Å². The minimum Gasteiger partial charge on any atom is -0.477 e. The number of thiazole rings is 1. The quantitative estimate of drug-likeness (QED) is 0.868. The van der Waals surface area contributed by atoms with Gasteiger partial charge in [0.05, 0.1) is 12.2 Å². The van der Waals surface area contributed by atoms with Crippen LogP contribution in [-0.2, 0) is 13.0 Å². The zero-order valence-electron chi connectivity index (χ0n) is 13.3. The fourth-order valence-electron chi connectivity index (χ4n) is 3.02. The van der Waals surface area contributed by atoms with Gasteiger partial charge in [-0.1, -0.05) is 33.1 Å². The number of aromatic nitrogens is 1. The lowest BCUT2D eigenvalue weighted by atomic mass is 9.94. The average Bonchev–Trinajstić information content (AvgIpc) is 2.81. The number of nitrogens with zero attached hydrogens (tertiary/aromatic N) is 2. The van der Waals surface area contributed by atoms with Gasteiger partial charge >= 0.3 is 5.97 Å². The summed E-state index contributed by atoms with van der Waals surface area (Å²) < 4.78 is 0. The van der Waals surface area contributed by atoms with Crippen LogP contribution in [0.25, 0.3) is 0 Å². The first-order valence-corrected chi connectivity index (χ1v) is 8.71. The number of hydrogen-bond donors (Lipinski definition) is 1. The van der Waals surface area contributed by atoms with Gasteiger partial charge in [-0.2, -0.15) is 0 Å². The van der Waals surface area contributed by atoms with E-state index in [9.17, 15) is 9.90 Å². The molecule has 0 unspecified atom stereocenters. The highest BCUT2D eigenvalue weighted by Gasteiger charge is 2.22. The summed E-state index contributed by atoms with van der Waals surface area (Å²) in [6, 6.07) is 0.629. The van der Waals surface area contributed by atoms with Crippen LogP contribution in [0.2, 0.25) is 0 Å². The van der Waals surface area contributed by atoms with Crippen molar-refractivity contribution in [3.05, 3.63) is 15.6 Å². The van der Waals surface area contributed by atoms with Crippen LogP contribution in [0.4, 0.5) is 0 Å². The fraction of sp³-hybridized carbons (Fsp3) is 0.750. The van der Waals surface area contributed by atoms with E-state index in [0.717, 1.165) is 23.7 Å². The van der Waals surface area contributed by atoms with Crippen molar-refractivity contribution >= 4 is 17.3 Å². The molecule has 0 bridgehead atoms. The number of carbonyl (C=O) groups is 1. The Balaban J connectivity index is 2.06. The van der Waals surface area contributed by atoms with Gasteiger partial charge in [-0.05, 0) is 32.2 Å². The summed E-state index contributed by atoms with van der Waals surface area (Å²) in [6.07, 6.45) is 7.23. The van der Waals surface area contributed by atoms with E-state index in [4.69, 9.17) is 0 Å². The lowest BCUT2D eigenvalue weighted by Crippen LogP contribution is -2.32. The van der Waals surface area contributed by atoms with E-state index in [2.05, 4.69) is 30.8 Å². The molecule has 1 N–H and O–H groups in total. The van der Waals surface area contributed by atoms with Crippen LogP contribution in [0.3, 0.4) is 0 Å². The Morgan fingerprint density at radius 1 is 1.38 bits per heavy atom. The van der Waals surface area contributed by atoms with Crippen LogP contribution in [0.1, 0.15) is 66.3 Å². The Labute approximate surface area is 131 Å². The largest absolute Gasteiger partial charge is 0.477 e. The minimum absolute atomic E-state index is 0.425. The van der Waals surface area contributed by atoms with E-state index in [1.165, 1.54) is 43.4 Å². The van der Waals surface area contributed by atoms with Crippen molar-refractivity contribution in [2.75, 3.05) is 7.05 Å². The maximum absolute atomic E-state index is 11.4. The van der Waals surface area contributed by atoms with Gasteiger partial charge < -0.3 is 5.11 Å². The summed E-state index contributed by atoms with van der Waals surface area (Å²) in [6.45, 7) is 4.96. The van der Waals surface area contributed by atoms with Crippen LogP contribution < -0.4 is 0 Å². The number of carboxylic acid groups (broad SMARTS) is 1. The summed E-state index contributed by atoms with van der Waals surface area (Å²) >= 11 is 1.35. The van der Waals surface area contributed by atoms with E-state index in [0.29, 0.717) is 16.8 Å². The van der Waals surface area contributed by atoms with Crippen molar-refractivity contribution in [1.82, 2.24) is 9.88 Å². The van der Waals surface area contributed by atoms with E-state index in [1.54, 1.807) is 0 Å². The summed E-state index contributed by atoms with van der Waals surface area (Å²) in [4.78, 5) is 18.7. The molecule has 2 rings (SSSR count). The first-order valence-electron chi connectivity index (χ1n) is 7.89. The zero-order valence-corrected chi connectivity index (χ0v) is 14.1. The van der Waals surface area contributed by atoms with Crippen molar-refractivity contribution in [2.24, 2.45) is 5.92 Å². The fourth-order valence-corrected chi connectivity index (χ4v) is 4.02. The molecule has 1 aromatic rings. The van der Waals surface area contributed by atoms with E-state index < -0.39 is 5.97 Å². The van der Waals surface area contributed by atoms with Crippen LogP contribution >= 0.6 is 11.3 Å². The van der Waals surface area contributed by atoms with Crippen LogP contribution in [-0.4, -0.2) is 34.0 Å². The maximum atomic E-state index is 11.4. The first-order chi connectivity index (χ1) is 9.97. The van der Waals surface area contributed by atoms with Gasteiger partial charge in [0.15, 0.2) is 0 Å². The SMILES string of the molecule is CC(C)Cc1nc(CN(C)C2CCCCC2)sc1C(=O)O. The predicted molar refractivity (Wildman–Crippen MR) is 86.0 cm³/mol. The molecule has 5 heteroatoms. The Bertz CT molecular complexity index is 479. The molecule has 1 fully saturated rings. The van der Waals surface area contributed by atoms with E-state index in [-0.39, 0.29) is 0 Å². The Morgan fingerprint density at radius 3 is 2.62 bits per heavy atom. The van der Waals surface area contributed by atoms with Crippen molar-refractivity contribution in [3.8, 4) is 0 Å². The second kappa shape index (κ2) is 7.36. The Kier molecular flexibility index (Phi) is 5.76. The molecule has 1 heterocycles. The van der Waals surface area contributed by atoms with Gasteiger partial charge in [0.1, 0.15) is 9.88 Å². The van der Waals surface area contributed by atoms with Crippen LogP contribution in [0, 0.1) is 5.92 Å². The molecule has 21 heavy (non-hydrogen) atoms.